The number of halogens is 3. The van der Waals surface area contributed by atoms with E-state index >= 15 is 0 Å². The average Bonchev–Trinajstić information content (AvgIpc) is 3.42. The maximum absolute atomic E-state index is 13.8. The van der Waals surface area contributed by atoms with Crippen molar-refractivity contribution in [3.8, 4) is 0 Å². The molecule has 0 bridgehead atoms. The van der Waals surface area contributed by atoms with E-state index < -0.39 is 24.2 Å². The number of anilines is 2. The van der Waals surface area contributed by atoms with Crippen LogP contribution >= 0.6 is 11.3 Å². The van der Waals surface area contributed by atoms with Crippen molar-refractivity contribution in [2.24, 2.45) is 0 Å². The van der Waals surface area contributed by atoms with E-state index in [2.05, 4.69) is 15.7 Å². The average molecular weight is 442 g/mol. The number of hydrogen-bond acceptors (Lipinski definition) is 4. The van der Waals surface area contributed by atoms with Crippen LogP contribution in [-0.2, 0) is 0 Å². The lowest BCUT2D eigenvalue weighted by Gasteiger charge is -2.32. The molecule has 0 saturated heterocycles. The van der Waals surface area contributed by atoms with Crippen LogP contribution in [0.1, 0.15) is 33.9 Å². The number of carbonyl (C=O) groups is 1. The van der Waals surface area contributed by atoms with Crippen molar-refractivity contribution in [3.05, 3.63) is 76.6 Å². The first-order valence-electron chi connectivity index (χ1n) is 9.65. The van der Waals surface area contributed by atoms with Gasteiger partial charge in [0.25, 0.3) is 5.91 Å². The number of rotatable bonds is 3. The van der Waals surface area contributed by atoms with Crippen molar-refractivity contribution >= 4 is 39.5 Å². The van der Waals surface area contributed by atoms with Gasteiger partial charge in [-0.25, -0.2) is 4.68 Å². The molecule has 3 heterocycles. The molecule has 0 aliphatic carbocycles. The topological polar surface area (TPSA) is 59.0 Å². The van der Waals surface area contributed by atoms with Gasteiger partial charge in [-0.2, -0.15) is 18.3 Å². The van der Waals surface area contributed by atoms with E-state index in [1.54, 1.807) is 18.2 Å². The molecule has 0 fully saturated rings. The summed E-state index contributed by atoms with van der Waals surface area (Å²) in [4.78, 5) is 13.7. The number of benzene rings is 2. The molecule has 5 nitrogen and oxygen atoms in total. The van der Waals surface area contributed by atoms with Gasteiger partial charge >= 0.3 is 6.18 Å². The van der Waals surface area contributed by atoms with Crippen LogP contribution < -0.4 is 10.6 Å². The van der Waals surface area contributed by atoms with Gasteiger partial charge in [-0.15, -0.1) is 11.3 Å². The second-order valence-corrected chi connectivity index (χ2v) is 8.32. The number of amides is 1. The number of aromatic nitrogens is 2. The highest BCUT2D eigenvalue weighted by Gasteiger charge is 2.47. The quantitative estimate of drug-likeness (QED) is 0.409. The van der Waals surface area contributed by atoms with Gasteiger partial charge in [-0.1, -0.05) is 42.5 Å². The fraction of sp³-hybridized carbons (Fsp3) is 0.182. The second kappa shape index (κ2) is 7.42. The second-order valence-electron chi connectivity index (χ2n) is 7.35. The number of nitrogens with zero attached hydrogens (tertiary/aromatic N) is 2. The number of thiophene rings is 1. The summed E-state index contributed by atoms with van der Waals surface area (Å²) >= 11 is 1.39. The molecular formula is C22H17F3N4OS. The summed E-state index contributed by atoms with van der Waals surface area (Å²) in [5, 5.41) is 13.5. The molecule has 2 aromatic heterocycles. The Morgan fingerprint density at radius 3 is 2.71 bits per heavy atom. The molecule has 0 saturated carbocycles. The van der Waals surface area contributed by atoms with E-state index in [4.69, 9.17) is 0 Å². The Bertz CT molecular complexity index is 1240. The maximum atomic E-state index is 13.8. The summed E-state index contributed by atoms with van der Waals surface area (Å²) in [6, 6.07) is 15.7. The van der Waals surface area contributed by atoms with Gasteiger partial charge in [0.05, 0.1) is 6.04 Å². The molecule has 2 atom stereocenters. The van der Waals surface area contributed by atoms with Crippen molar-refractivity contribution < 1.29 is 18.0 Å². The molecule has 9 heteroatoms. The Kier molecular flexibility index (Phi) is 4.70. The van der Waals surface area contributed by atoms with E-state index in [-0.39, 0.29) is 17.9 Å². The van der Waals surface area contributed by atoms with Crippen molar-refractivity contribution in [2.45, 2.75) is 24.7 Å². The Morgan fingerprint density at radius 2 is 1.94 bits per heavy atom. The number of carbonyl (C=O) groups excluding carboxylic acids is 1. The van der Waals surface area contributed by atoms with Gasteiger partial charge in [0, 0.05) is 28.4 Å². The lowest BCUT2D eigenvalue weighted by molar-refractivity contribution is -0.173. The molecule has 1 aliphatic rings. The van der Waals surface area contributed by atoms with Gasteiger partial charge in [0.1, 0.15) is 5.82 Å². The molecule has 4 aromatic rings. The maximum Gasteiger partial charge on any atom is 0.410 e. The van der Waals surface area contributed by atoms with Crippen LogP contribution in [0.2, 0.25) is 0 Å². The third-order valence-electron chi connectivity index (χ3n) is 5.35. The van der Waals surface area contributed by atoms with Crippen molar-refractivity contribution in [3.63, 3.8) is 0 Å². The fourth-order valence-corrected chi connectivity index (χ4v) is 4.67. The minimum Gasteiger partial charge on any atom is -0.363 e. The fourth-order valence-electron chi connectivity index (χ4n) is 3.88. The summed E-state index contributed by atoms with van der Waals surface area (Å²) in [7, 11) is 0. The summed E-state index contributed by atoms with van der Waals surface area (Å²) in [6.07, 6.45) is -4.68. The summed E-state index contributed by atoms with van der Waals surface area (Å²) in [6.45, 7) is 0. The minimum atomic E-state index is -4.48. The van der Waals surface area contributed by atoms with Crippen molar-refractivity contribution in [2.75, 3.05) is 10.6 Å². The van der Waals surface area contributed by atoms with Crippen molar-refractivity contribution in [1.29, 1.82) is 0 Å². The van der Waals surface area contributed by atoms with Crippen LogP contribution in [-0.4, -0.2) is 21.9 Å². The zero-order valence-electron chi connectivity index (χ0n) is 16.1. The zero-order chi connectivity index (χ0) is 21.6. The predicted octanol–water partition coefficient (Wildman–Crippen LogP) is 6.01. The monoisotopic (exact) mass is 442 g/mol. The normalized spacial score (nSPS) is 18.4. The summed E-state index contributed by atoms with van der Waals surface area (Å²) < 4.78 is 42.2. The lowest BCUT2D eigenvalue weighted by Crippen LogP contribution is -2.35. The SMILES string of the molecule is O=C(Nc1cccc2ccccc12)c1cc2n(n1)[C@@H](C(F)(F)F)C[C@@H](c1cccs1)N2. The van der Waals surface area contributed by atoms with Crippen LogP contribution in [0, 0.1) is 0 Å². The highest BCUT2D eigenvalue weighted by molar-refractivity contribution is 7.10. The Balaban J connectivity index is 1.47. The highest BCUT2D eigenvalue weighted by atomic mass is 32.1. The third kappa shape index (κ3) is 3.65. The van der Waals surface area contributed by atoms with Gasteiger partial charge in [0.2, 0.25) is 0 Å². The first kappa shape index (κ1) is 19.6. The van der Waals surface area contributed by atoms with Crippen molar-refractivity contribution in [1.82, 2.24) is 9.78 Å². The molecule has 1 aliphatic heterocycles. The van der Waals surface area contributed by atoms with Gasteiger partial charge in [-0.3, -0.25) is 4.79 Å². The molecule has 31 heavy (non-hydrogen) atoms. The molecule has 2 aromatic carbocycles. The Labute approximate surface area is 179 Å². The number of hydrogen-bond donors (Lipinski definition) is 2. The minimum absolute atomic E-state index is 0.0727. The molecular weight excluding hydrogens is 425 g/mol. The van der Waals surface area contributed by atoms with Crippen LogP contribution in [0.5, 0.6) is 0 Å². The number of fused-ring (bicyclic) bond motifs is 2. The van der Waals surface area contributed by atoms with Gasteiger partial charge in [-0.05, 0) is 22.9 Å². The third-order valence-corrected chi connectivity index (χ3v) is 6.33. The highest BCUT2D eigenvalue weighted by Crippen LogP contribution is 2.44. The molecule has 2 N–H and O–H groups in total. The van der Waals surface area contributed by atoms with E-state index in [9.17, 15) is 18.0 Å². The van der Waals surface area contributed by atoms with Gasteiger partial charge < -0.3 is 10.6 Å². The van der Waals surface area contributed by atoms with Gasteiger partial charge in [0.15, 0.2) is 11.7 Å². The summed E-state index contributed by atoms with van der Waals surface area (Å²) in [5.41, 5.74) is 0.502. The molecule has 0 unspecified atom stereocenters. The summed E-state index contributed by atoms with van der Waals surface area (Å²) in [5.74, 6) is -0.385. The largest absolute Gasteiger partial charge is 0.410 e. The molecule has 5 rings (SSSR count). The Hall–Kier alpha value is -3.33. The molecule has 0 spiro atoms. The zero-order valence-corrected chi connectivity index (χ0v) is 16.9. The smallest absolute Gasteiger partial charge is 0.363 e. The first-order chi connectivity index (χ1) is 14.9. The van der Waals surface area contributed by atoms with E-state index in [0.29, 0.717) is 5.69 Å². The molecule has 1 amide bonds. The predicted molar refractivity (Wildman–Crippen MR) is 115 cm³/mol. The van der Waals surface area contributed by atoms with E-state index in [0.717, 1.165) is 20.3 Å². The Morgan fingerprint density at radius 1 is 1.13 bits per heavy atom. The molecule has 158 valence electrons. The van der Waals surface area contributed by atoms with E-state index in [1.165, 1.54) is 17.4 Å². The van der Waals surface area contributed by atoms with Crippen LogP contribution in [0.25, 0.3) is 10.8 Å². The van der Waals surface area contributed by atoms with E-state index in [1.807, 2.05) is 41.8 Å². The standard InChI is InChI=1S/C22H17F3N4OS/c23-22(24,25)19-11-16(18-9-4-10-31-18)26-20-12-17(28-29(19)20)21(30)27-15-8-3-6-13-5-1-2-7-14(13)15/h1-10,12,16,19,26H,11H2,(H,27,30)/t16-,19+/m0/s1. The number of nitrogens with one attached hydrogen (secondary N) is 2. The van der Waals surface area contributed by atoms with Crippen LogP contribution in [0.4, 0.5) is 24.7 Å². The van der Waals surface area contributed by atoms with Crippen LogP contribution in [0.3, 0.4) is 0 Å². The van der Waals surface area contributed by atoms with Crippen LogP contribution in [0.15, 0.2) is 66.0 Å². The lowest BCUT2D eigenvalue weighted by atomic mass is 10.0. The molecule has 0 radical (unpaired) electrons. The first-order valence-corrected chi connectivity index (χ1v) is 10.5. The number of alkyl halides is 3.